The van der Waals surface area contributed by atoms with E-state index in [1.165, 1.54) is 5.56 Å². The standard InChI is InChI=1S/C32H33ClN4O4/c1-23(38)37-15-7-14-35(21-24-8-4-3-5-9-24)16-17-36(22-26-12-13-27(33)19-30(26)37)32(39)29-20-31(41-34-29)25-10-6-11-28(18-25)40-2/h3-6,8-13,18-20H,7,14-17,21-22H2,1-2H3. The fourth-order valence-corrected chi connectivity index (χ4v) is 5.27. The van der Waals surface area contributed by atoms with E-state index in [0.717, 1.165) is 36.3 Å². The number of rotatable bonds is 5. The maximum atomic E-state index is 13.9. The zero-order valence-corrected chi connectivity index (χ0v) is 24.0. The van der Waals surface area contributed by atoms with Gasteiger partial charge in [0.25, 0.3) is 5.91 Å². The van der Waals surface area contributed by atoms with Crippen molar-refractivity contribution in [3.8, 4) is 17.1 Å². The first-order valence-corrected chi connectivity index (χ1v) is 14.0. The lowest BCUT2D eigenvalue weighted by atomic mass is 10.1. The van der Waals surface area contributed by atoms with E-state index in [4.69, 9.17) is 20.9 Å². The summed E-state index contributed by atoms with van der Waals surface area (Å²) < 4.78 is 10.9. The molecule has 5 rings (SSSR count). The minimum atomic E-state index is -0.253. The van der Waals surface area contributed by atoms with Crippen LogP contribution >= 0.6 is 11.6 Å². The van der Waals surface area contributed by atoms with Gasteiger partial charge in [-0.25, -0.2) is 0 Å². The smallest absolute Gasteiger partial charge is 0.276 e. The van der Waals surface area contributed by atoms with Gasteiger partial charge in [0.05, 0.1) is 12.8 Å². The van der Waals surface area contributed by atoms with Crippen LogP contribution in [0.4, 0.5) is 5.69 Å². The van der Waals surface area contributed by atoms with Gasteiger partial charge in [0, 0.05) is 62.8 Å². The van der Waals surface area contributed by atoms with Gasteiger partial charge in [-0.15, -0.1) is 0 Å². The molecule has 0 N–H and O–H groups in total. The van der Waals surface area contributed by atoms with Gasteiger partial charge in [-0.1, -0.05) is 65.3 Å². The Labute approximate surface area is 245 Å². The predicted molar refractivity (Wildman–Crippen MR) is 159 cm³/mol. The molecule has 0 saturated carbocycles. The van der Waals surface area contributed by atoms with Crippen molar-refractivity contribution in [2.45, 2.75) is 26.4 Å². The molecule has 0 fully saturated rings. The first-order chi connectivity index (χ1) is 19.9. The number of nitrogens with zero attached hydrogens (tertiary/aromatic N) is 4. The molecule has 1 aromatic heterocycles. The SMILES string of the molecule is COc1cccc(-c2cc(C(=O)N3CCN(Cc4ccccc4)CCCN(C(C)=O)c4cc(Cl)ccc4C3)no2)c1. The molecule has 4 aromatic rings. The first kappa shape index (κ1) is 28.4. The molecule has 0 aliphatic carbocycles. The number of hydrogen-bond donors (Lipinski definition) is 0. The Morgan fingerprint density at radius 1 is 0.951 bits per heavy atom. The van der Waals surface area contributed by atoms with Crippen LogP contribution in [0, 0.1) is 0 Å². The van der Waals surface area contributed by atoms with Crippen molar-refractivity contribution in [2.75, 3.05) is 38.2 Å². The average Bonchev–Trinajstić information content (AvgIpc) is 3.47. The van der Waals surface area contributed by atoms with Gasteiger partial charge in [0.15, 0.2) is 11.5 Å². The summed E-state index contributed by atoms with van der Waals surface area (Å²) in [4.78, 5) is 32.5. The zero-order chi connectivity index (χ0) is 28.8. The number of benzene rings is 3. The Balaban J connectivity index is 1.47. The van der Waals surface area contributed by atoms with Crippen molar-refractivity contribution in [3.63, 3.8) is 0 Å². The lowest BCUT2D eigenvalue weighted by Crippen LogP contribution is -2.38. The molecule has 1 aliphatic rings. The van der Waals surface area contributed by atoms with Gasteiger partial charge in [-0.05, 0) is 41.8 Å². The molecule has 0 spiro atoms. The highest BCUT2D eigenvalue weighted by Gasteiger charge is 2.25. The van der Waals surface area contributed by atoms with Crippen molar-refractivity contribution < 1.29 is 18.8 Å². The topological polar surface area (TPSA) is 79.1 Å². The summed E-state index contributed by atoms with van der Waals surface area (Å²) in [5, 5.41) is 4.67. The molecule has 9 heteroatoms. The number of ether oxygens (including phenoxy) is 1. The Morgan fingerprint density at radius 2 is 1.78 bits per heavy atom. The van der Waals surface area contributed by atoms with Gasteiger partial charge >= 0.3 is 0 Å². The Kier molecular flexibility index (Phi) is 9.01. The maximum absolute atomic E-state index is 13.9. The Morgan fingerprint density at radius 3 is 2.56 bits per heavy atom. The van der Waals surface area contributed by atoms with E-state index < -0.39 is 0 Å². The molecule has 8 nitrogen and oxygen atoms in total. The van der Waals surface area contributed by atoms with Crippen LogP contribution in [0.2, 0.25) is 5.02 Å². The first-order valence-electron chi connectivity index (χ1n) is 13.6. The molecule has 0 radical (unpaired) electrons. The molecule has 1 aliphatic heterocycles. The molecule has 0 atom stereocenters. The van der Waals surface area contributed by atoms with Crippen LogP contribution in [0.5, 0.6) is 5.75 Å². The van der Waals surface area contributed by atoms with Crippen LogP contribution < -0.4 is 9.64 Å². The quantitative estimate of drug-likeness (QED) is 0.296. The summed E-state index contributed by atoms with van der Waals surface area (Å²) >= 11 is 6.38. The van der Waals surface area contributed by atoms with Crippen LogP contribution in [-0.2, 0) is 17.9 Å². The number of methoxy groups -OCH3 is 1. The number of hydrogen-bond acceptors (Lipinski definition) is 6. The molecule has 212 valence electrons. The number of amides is 2. The summed E-state index contributed by atoms with van der Waals surface area (Å²) in [6, 6.07) is 24.8. The van der Waals surface area contributed by atoms with Crippen molar-refractivity contribution in [1.29, 1.82) is 0 Å². The number of fused-ring (bicyclic) bond motifs is 1. The van der Waals surface area contributed by atoms with Crippen LogP contribution in [0.25, 0.3) is 11.3 Å². The monoisotopic (exact) mass is 572 g/mol. The lowest BCUT2D eigenvalue weighted by molar-refractivity contribution is -0.116. The number of aromatic nitrogens is 1. The molecule has 0 unspecified atom stereocenters. The van der Waals surface area contributed by atoms with Gasteiger partial charge in [0.2, 0.25) is 5.91 Å². The Hall–Kier alpha value is -4.14. The van der Waals surface area contributed by atoms with Crippen LogP contribution in [0.1, 0.15) is 35.0 Å². The normalized spacial score (nSPS) is 14.7. The fourth-order valence-electron chi connectivity index (χ4n) is 5.10. The third-order valence-corrected chi connectivity index (χ3v) is 7.48. The van der Waals surface area contributed by atoms with Crippen molar-refractivity contribution in [3.05, 3.63) is 101 Å². The van der Waals surface area contributed by atoms with Gasteiger partial charge in [-0.3, -0.25) is 14.5 Å². The second-order valence-corrected chi connectivity index (χ2v) is 10.5. The van der Waals surface area contributed by atoms with E-state index in [-0.39, 0.29) is 24.1 Å². The van der Waals surface area contributed by atoms with Crippen molar-refractivity contribution in [1.82, 2.24) is 15.0 Å². The third kappa shape index (κ3) is 6.96. The molecule has 0 bridgehead atoms. The van der Waals surface area contributed by atoms with Crippen molar-refractivity contribution >= 4 is 29.1 Å². The van der Waals surface area contributed by atoms with Crippen LogP contribution in [0.3, 0.4) is 0 Å². The number of carbonyl (C=O) groups is 2. The van der Waals surface area contributed by atoms with E-state index in [1.807, 2.05) is 48.5 Å². The van der Waals surface area contributed by atoms with E-state index in [1.54, 1.807) is 42.0 Å². The second-order valence-electron chi connectivity index (χ2n) is 10.1. The van der Waals surface area contributed by atoms with Crippen LogP contribution in [0.15, 0.2) is 83.4 Å². The fraction of sp³-hybridized carbons (Fsp3) is 0.281. The van der Waals surface area contributed by atoms with Crippen LogP contribution in [-0.4, -0.2) is 60.1 Å². The summed E-state index contributed by atoms with van der Waals surface area (Å²) in [6.07, 6.45) is 0.777. The highest BCUT2D eigenvalue weighted by Crippen LogP contribution is 2.29. The van der Waals surface area contributed by atoms with E-state index in [0.29, 0.717) is 36.2 Å². The summed E-state index contributed by atoms with van der Waals surface area (Å²) in [6.45, 7) is 5.03. The molecule has 41 heavy (non-hydrogen) atoms. The van der Waals surface area contributed by atoms with Gasteiger partial charge in [-0.2, -0.15) is 0 Å². The highest BCUT2D eigenvalue weighted by molar-refractivity contribution is 6.31. The third-order valence-electron chi connectivity index (χ3n) is 7.24. The van der Waals surface area contributed by atoms with E-state index >= 15 is 0 Å². The average molecular weight is 573 g/mol. The predicted octanol–water partition coefficient (Wildman–Crippen LogP) is 5.90. The summed E-state index contributed by atoms with van der Waals surface area (Å²) in [5.41, 5.74) is 3.73. The lowest BCUT2D eigenvalue weighted by Gasteiger charge is -2.27. The number of anilines is 1. The maximum Gasteiger partial charge on any atom is 0.276 e. The highest BCUT2D eigenvalue weighted by atomic mass is 35.5. The summed E-state index contributed by atoms with van der Waals surface area (Å²) in [5.74, 6) is 0.838. The zero-order valence-electron chi connectivity index (χ0n) is 23.3. The van der Waals surface area contributed by atoms with E-state index in [2.05, 4.69) is 22.2 Å². The van der Waals surface area contributed by atoms with Gasteiger partial charge < -0.3 is 19.1 Å². The molecule has 2 heterocycles. The molecular formula is C32H33ClN4O4. The minimum absolute atomic E-state index is 0.0697. The van der Waals surface area contributed by atoms with E-state index in [9.17, 15) is 9.59 Å². The molecular weight excluding hydrogens is 540 g/mol. The van der Waals surface area contributed by atoms with Crippen molar-refractivity contribution in [2.24, 2.45) is 0 Å². The Bertz CT molecular complexity index is 1510. The summed E-state index contributed by atoms with van der Waals surface area (Å²) in [7, 11) is 1.60. The largest absolute Gasteiger partial charge is 0.497 e. The number of halogens is 1. The number of carbonyl (C=O) groups excluding carboxylic acids is 2. The molecule has 0 saturated heterocycles. The second kappa shape index (κ2) is 13.0. The molecule has 3 aromatic carbocycles. The van der Waals surface area contributed by atoms with Gasteiger partial charge in [0.1, 0.15) is 5.75 Å². The minimum Gasteiger partial charge on any atom is -0.497 e. The molecule has 2 amide bonds.